The first-order valence-electron chi connectivity index (χ1n) is 7.22. The average Bonchev–Trinajstić information content (AvgIpc) is 2.53. The van der Waals surface area contributed by atoms with Crippen LogP contribution in [0.1, 0.15) is 23.2 Å². The van der Waals surface area contributed by atoms with Crippen LogP contribution in [0, 0.1) is 5.92 Å². The van der Waals surface area contributed by atoms with Gasteiger partial charge in [-0.3, -0.25) is 4.79 Å². The first-order valence-corrected chi connectivity index (χ1v) is 7.22. The second-order valence-corrected chi connectivity index (χ2v) is 5.17. The molecule has 1 heterocycles. The zero-order chi connectivity index (χ0) is 15.9. The third kappa shape index (κ3) is 5.84. The van der Waals surface area contributed by atoms with Crippen molar-refractivity contribution in [1.29, 1.82) is 0 Å². The van der Waals surface area contributed by atoms with Crippen LogP contribution >= 0.6 is 12.4 Å². The van der Waals surface area contributed by atoms with Crippen molar-refractivity contribution >= 4 is 18.3 Å². The zero-order valence-corrected chi connectivity index (χ0v) is 13.6. The molecular weight excluding hydrogens is 330 g/mol. The number of alkyl halides is 2. The van der Waals surface area contributed by atoms with Gasteiger partial charge in [-0.15, -0.1) is 12.4 Å². The van der Waals surface area contributed by atoms with Crippen molar-refractivity contribution < 1.29 is 23.0 Å². The van der Waals surface area contributed by atoms with Crippen molar-refractivity contribution in [3.63, 3.8) is 0 Å². The first kappa shape index (κ1) is 19.4. The molecule has 2 N–H and O–H groups in total. The molecule has 1 unspecified atom stereocenters. The Kier molecular flexibility index (Phi) is 8.05. The average molecular weight is 351 g/mol. The summed E-state index contributed by atoms with van der Waals surface area (Å²) in [7, 11) is 1.34. The van der Waals surface area contributed by atoms with E-state index in [4.69, 9.17) is 4.74 Å². The number of nitrogens with one attached hydrogen (secondary N) is 2. The van der Waals surface area contributed by atoms with Gasteiger partial charge in [0, 0.05) is 12.1 Å². The largest absolute Gasteiger partial charge is 0.493 e. The van der Waals surface area contributed by atoms with Crippen LogP contribution in [0.3, 0.4) is 0 Å². The summed E-state index contributed by atoms with van der Waals surface area (Å²) in [5.41, 5.74) is 0.349. The van der Waals surface area contributed by atoms with Crippen LogP contribution in [-0.2, 0) is 0 Å². The van der Waals surface area contributed by atoms with Gasteiger partial charge in [-0.25, -0.2) is 0 Å². The van der Waals surface area contributed by atoms with Crippen LogP contribution in [0.4, 0.5) is 8.78 Å². The van der Waals surface area contributed by atoms with Crippen molar-refractivity contribution in [2.75, 3.05) is 26.7 Å². The second kappa shape index (κ2) is 9.52. The summed E-state index contributed by atoms with van der Waals surface area (Å²) >= 11 is 0. The van der Waals surface area contributed by atoms with Gasteiger partial charge in [0.2, 0.25) is 0 Å². The fraction of sp³-hybridized carbons (Fsp3) is 0.533. The Hall–Kier alpha value is -1.60. The highest BCUT2D eigenvalue weighted by Crippen LogP contribution is 2.29. The minimum absolute atomic E-state index is 0. The molecule has 2 rings (SSSR count). The van der Waals surface area contributed by atoms with Crippen LogP contribution < -0.4 is 20.1 Å². The monoisotopic (exact) mass is 350 g/mol. The molecule has 0 radical (unpaired) electrons. The summed E-state index contributed by atoms with van der Waals surface area (Å²) in [4.78, 5) is 12.1. The van der Waals surface area contributed by atoms with E-state index in [1.165, 1.54) is 25.3 Å². The van der Waals surface area contributed by atoms with Gasteiger partial charge in [-0.1, -0.05) is 0 Å². The number of rotatable bonds is 6. The number of halogens is 3. The molecule has 0 aliphatic carbocycles. The topological polar surface area (TPSA) is 59.6 Å². The quantitative estimate of drug-likeness (QED) is 0.827. The Morgan fingerprint density at radius 3 is 2.83 bits per heavy atom. The lowest BCUT2D eigenvalue weighted by Crippen LogP contribution is -2.38. The lowest BCUT2D eigenvalue weighted by Gasteiger charge is -2.22. The van der Waals surface area contributed by atoms with Crippen LogP contribution in [0.15, 0.2) is 18.2 Å². The summed E-state index contributed by atoms with van der Waals surface area (Å²) in [6.07, 6.45) is 2.19. The van der Waals surface area contributed by atoms with Gasteiger partial charge in [-0.2, -0.15) is 8.78 Å². The molecule has 23 heavy (non-hydrogen) atoms. The number of benzene rings is 1. The third-order valence-corrected chi connectivity index (χ3v) is 3.59. The smallest absolute Gasteiger partial charge is 0.387 e. The minimum atomic E-state index is -2.94. The van der Waals surface area contributed by atoms with Crippen LogP contribution in [-0.4, -0.2) is 39.3 Å². The molecule has 1 saturated heterocycles. The van der Waals surface area contributed by atoms with E-state index in [2.05, 4.69) is 15.4 Å². The highest BCUT2D eigenvalue weighted by atomic mass is 35.5. The SMILES string of the molecule is COc1cc(C(=O)NCC2CCCNC2)ccc1OC(F)F.Cl. The van der Waals surface area contributed by atoms with E-state index in [9.17, 15) is 13.6 Å². The molecule has 1 fully saturated rings. The van der Waals surface area contributed by atoms with Gasteiger partial charge in [0.1, 0.15) is 0 Å². The summed E-state index contributed by atoms with van der Waals surface area (Å²) in [5.74, 6) is 0.173. The lowest BCUT2D eigenvalue weighted by molar-refractivity contribution is -0.0512. The maximum absolute atomic E-state index is 12.3. The molecule has 1 amide bonds. The molecule has 1 aromatic carbocycles. The standard InChI is InChI=1S/C15H20F2N2O3.ClH/c1-21-13-7-11(4-5-12(13)22-15(16)17)14(20)19-9-10-3-2-6-18-8-10;/h4-5,7,10,15,18H,2-3,6,8-9H2,1H3,(H,19,20);1H. The van der Waals surface area contributed by atoms with E-state index in [0.29, 0.717) is 18.0 Å². The van der Waals surface area contributed by atoms with E-state index in [0.717, 1.165) is 25.9 Å². The number of hydrogen-bond acceptors (Lipinski definition) is 4. The molecule has 0 aromatic heterocycles. The Labute approximate surface area is 140 Å². The number of hydrogen-bond donors (Lipinski definition) is 2. The van der Waals surface area contributed by atoms with E-state index in [-0.39, 0.29) is 29.8 Å². The number of carbonyl (C=O) groups is 1. The Bertz CT molecular complexity index is 511. The summed E-state index contributed by atoms with van der Waals surface area (Å²) in [6.45, 7) is -0.436. The number of carbonyl (C=O) groups excluding carboxylic acids is 1. The van der Waals surface area contributed by atoms with E-state index < -0.39 is 6.61 Å². The zero-order valence-electron chi connectivity index (χ0n) is 12.8. The Morgan fingerprint density at radius 2 is 2.22 bits per heavy atom. The molecule has 130 valence electrons. The van der Waals surface area contributed by atoms with Gasteiger partial charge in [-0.05, 0) is 50.0 Å². The molecule has 1 aliphatic rings. The molecule has 1 aliphatic heterocycles. The van der Waals surface area contributed by atoms with E-state index in [1.807, 2.05) is 0 Å². The van der Waals surface area contributed by atoms with Gasteiger partial charge in [0.05, 0.1) is 7.11 Å². The van der Waals surface area contributed by atoms with Crippen molar-refractivity contribution in [1.82, 2.24) is 10.6 Å². The van der Waals surface area contributed by atoms with Crippen molar-refractivity contribution in [3.05, 3.63) is 23.8 Å². The van der Waals surface area contributed by atoms with Gasteiger partial charge in [0.15, 0.2) is 11.5 Å². The molecule has 0 bridgehead atoms. The predicted octanol–water partition coefficient (Wildman–Crippen LogP) is 2.45. The summed E-state index contributed by atoms with van der Waals surface area (Å²) in [5, 5.41) is 6.14. The lowest BCUT2D eigenvalue weighted by atomic mass is 9.99. The van der Waals surface area contributed by atoms with Crippen LogP contribution in [0.5, 0.6) is 11.5 Å². The van der Waals surface area contributed by atoms with Crippen molar-refractivity contribution in [2.45, 2.75) is 19.5 Å². The number of piperidine rings is 1. The number of ether oxygens (including phenoxy) is 2. The maximum Gasteiger partial charge on any atom is 0.387 e. The molecule has 0 saturated carbocycles. The highest BCUT2D eigenvalue weighted by molar-refractivity contribution is 5.94. The predicted molar refractivity (Wildman–Crippen MR) is 84.8 cm³/mol. The molecule has 1 aromatic rings. The summed E-state index contributed by atoms with van der Waals surface area (Å²) < 4.78 is 33.8. The number of methoxy groups -OCH3 is 1. The maximum atomic E-state index is 12.3. The fourth-order valence-corrected chi connectivity index (χ4v) is 2.44. The fourth-order valence-electron chi connectivity index (χ4n) is 2.44. The van der Waals surface area contributed by atoms with Crippen LogP contribution in [0.25, 0.3) is 0 Å². The normalized spacial score (nSPS) is 17.3. The van der Waals surface area contributed by atoms with Gasteiger partial charge in [0.25, 0.3) is 5.91 Å². The van der Waals surface area contributed by atoms with Gasteiger partial charge >= 0.3 is 6.61 Å². The Morgan fingerprint density at radius 1 is 1.43 bits per heavy atom. The van der Waals surface area contributed by atoms with Crippen LogP contribution in [0.2, 0.25) is 0 Å². The van der Waals surface area contributed by atoms with Crippen molar-refractivity contribution in [3.8, 4) is 11.5 Å². The summed E-state index contributed by atoms with van der Waals surface area (Å²) in [6, 6.07) is 4.14. The third-order valence-electron chi connectivity index (χ3n) is 3.59. The number of amides is 1. The first-order chi connectivity index (χ1) is 10.6. The minimum Gasteiger partial charge on any atom is -0.493 e. The second-order valence-electron chi connectivity index (χ2n) is 5.17. The van der Waals surface area contributed by atoms with E-state index >= 15 is 0 Å². The molecule has 0 spiro atoms. The Balaban J connectivity index is 0.00000264. The van der Waals surface area contributed by atoms with Gasteiger partial charge < -0.3 is 20.1 Å². The molecular formula is C15H21ClF2N2O3. The molecule has 5 nitrogen and oxygen atoms in total. The van der Waals surface area contributed by atoms with E-state index in [1.54, 1.807) is 0 Å². The molecule has 1 atom stereocenters. The molecule has 8 heteroatoms. The highest BCUT2D eigenvalue weighted by Gasteiger charge is 2.16. The van der Waals surface area contributed by atoms with Crippen molar-refractivity contribution in [2.24, 2.45) is 5.92 Å².